The molecule has 2 aromatic heterocycles. The highest BCUT2D eigenvalue weighted by molar-refractivity contribution is 7.97. The molecule has 0 aliphatic carbocycles. The second-order valence-electron chi connectivity index (χ2n) is 6.83. The summed E-state index contributed by atoms with van der Waals surface area (Å²) >= 11 is 3.08. The molecule has 0 bridgehead atoms. The second kappa shape index (κ2) is 8.89. The number of fused-ring (bicyclic) bond motifs is 1. The Bertz CT molecular complexity index is 1200. The van der Waals surface area contributed by atoms with Crippen molar-refractivity contribution >= 4 is 45.2 Å². The molecule has 0 aliphatic heterocycles. The van der Waals surface area contributed by atoms with Crippen LogP contribution in [-0.4, -0.2) is 33.8 Å². The number of methoxy groups -OCH3 is 1. The topological polar surface area (TPSA) is 69.0 Å². The van der Waals surface area contributed by atoms with Crippen LogP contribution in [0.1, 0.15) is 11.4 Å². The van der Waals surface area contributed by atoms with E-state index in [1.807, 2.05) is 65.6 Å². The van der Waals surface area contributed by atoms with Crippen LogP contribution in [0.15, 0.2) is 47.8 Å². The molecule has 0 saturated carbocycles. The lowest BCUT2D eigenvalue weighted by Crippen LogP contribution is -2.20. The van der Waals surface area contributed by atoms with Crippen LogP contribution in [0.25, 0.3) is 22.3 Å². The Morgan fingerprint density at radius 3 is 2.87 bits per heavy atom. The van der Waals surface area contributed by atoms with Gasteiger partial charge < -0.3 is 14.6 Å². The van der Waals surface area contributed by atoms with E-state index in [-0.39, 0.29) is 12.5 Å². The van der Waals surface area contributed by atoms with Crippen LogP contribution in [0.3, 0.4) is 0 Å². The molecular weight excluding hydrogens is 416 g/mol. The summed E-state index contributed by atoms with van der Waals surface area (Å²) < 4.78 is 7.43. The van der Waals surface area contributed by atoms with Gasteiger partial charge >= 0.3 is 0 Å². The highest BCUT2D eigenvalue weighted by Crippen LogP contribution is 2.33. The van der Waals surface area contributed by atoms with Crippen molar-refractivity contribution in [2.24, 2.45) is 0 Å². The van der Waals surface area contributed by atoms with Crippen LogP contribution >= 0.6 is 23.1 Å². The molecule has 0 fully saturated rings. The zero-order valence-electron chi connectivity index (χ0n) is 17.0. The molecule has 0 saturated heterocycles. The van der Waals surface area contributed by atoms with Gasteiger partial charge in [0.1, 0.15) is 18.1 Å². The third-order valence-corrected chi connectivity index (χ3v) is 5.99. The minimum atomic E-state index is -0.127. The zero-order valence-corrected chi connectivity index (χ0v) is 18.6. The van der Waals surface area contributed by atoms with Crippen molar-refractivity contribution < 1.29 is 9.53 Å². The number of rotatable bonds is 7. The van der Waals surface area contributed by atoms with Crippen LogP contribution in [-0.2, 0) is 17.1 Å². The lowest BCUT2D eigenvalue weighted by Gasteiger charge is -2.08. The van der Waals surface area contributed by atoms with Gasteiger partial charge in [0.05, 0.1) is 29.6 Å². The molecule has 6 nitrogen and oxygen atoms in total. The molecule has 0 radical (unpaired) electrons. The number of nitrogens with one attached hydrogen (secondary N) is 1. The van der Waals surface area contributed by atoms with Crippen molar-refractivity contribution in [2.75, 3.05) is 18.7 Å². The number of thioether (sulfide) groups is 1. The Balaban J connectivity index is 1.54. The average Bonchev–Trinajstić information content (AvgIpc) is 3.33. The van der Waals surface area contributed by atoms with Gasteiger partial charge in [0.25, 0.3) is 0 Å². The molecule has 1 amide bonds. The van der Waals surface area contributed by atoms with Gasteiger partial charge in [-0.1, -0.05) is 23.8 Å². The molecule has 4 aromatic rings. The average molecular weight is 439 g/mol. The standard InChI is InChI=1S/C22H22N4O2S2/c1-14-8-9-19(28-2)15(10-14)17-12-30-22(24-17)25-21(27)11-26-18-7-5-4-6-16(18)23-20(26)13-29-3/h4-10,12H,11,13H2,1-3H3,(H,24,25,27). The van der Waals surface area contributed by atoms with Gasteiger partial charge in [-0.3, -0.25) is 4.79 Å². The van der Waals surface area contributed by atoms with E-state index >= 15 is 0 Å². The molecule has 0 spiro atoms. The number of anilines is 1. The van der Waals surface area contributed by atoms with Gasteiger partial charge in [0, 0.05) is 10.9 Å². The van der Waals surface area contributed by atoms with Crippen LogP contribution in [0.2, 0.25) is 0 Å². The predicted molar refractivity (Wildman–Crippen MR) is 124 cm³/mol. The summed E-state index contributed by atoms with van der Waals surface area (Å²) in [5.41, 5.74) is 4.68. The fourth-order valence-electron chi connectivity index (χ4n) is 3.32. The van der Waals surface area contributed by atoms with Crippen LogP contribution < -0.4 is 10.1 Å². The lowest BCUT2D eigenvalue weighted by atomic mass is 10.1. The number of ether oxygens (including phenoxy) is 1. The SMILES string of the molecule is COc1ccc(C)cc1-c1csc(NC(=O)Cn2c(CSC)nc3ccccc32)n1. The van der Waals surface area contributed by atoms with Gasteiger partial charge in [-0.2, -0.15) is 11.8 Å². The molecule has 4 rings (SSSR count). The first-order valence-electron chi connectivity index (χ1n) is 9.42. The summed E-state index contributed by atoms with van der Waals surface area (Å²) in [6, 6.07) is 13.8. The van der Waals surface area contributed by atoms with Crippen LogP contribution in [0, 0.1) is 6.92 Å². The number of nitrogens with zero attached hydrogens (tertiary/aromatic N) is 3. The van der Waals surface area contributed by atoms with E-state index in [1.54, 1.807) is 18.9 Å². The van der Waals surface area contributed by atoms with Gasteiger partial charge in [0.15, 0.2) is 5.13 Å². The summed E-state index contributed by atoms with van der Waals surface area (Å²) in [4.78, 5) is 22.0. The van der Waals surface area contributed by atoms with Gasteiger partial charge in [-0.15, -0.1) is 11.3 Å². The Kier molecular flexibility index (Phi) is 6.06. The van der Waals surface area contributed by atoms with E-state index in [9.17, 15) is 4.79 Å². The maximum absolute atomic E-state index is 12.8. The van der Waals surface area contributed by atoms with E-state index in [0.29, 0.717) is 5.13 Å². The molecular formula is C22H22N4O2S2. The van der Waals surface area contributed by atoms with Crippen molar-refractivity contribution in [1.29, 1.82) is 0 Å². The summed E-state index contributed by atoms with van der Waals surface area (Å²) in [7, 11) is 1.64. The number of aryl methyl sites for hydroxylation is 1. The van der Waals surface area contributed by atoms with Gasteiger partial charge in [-0.05, 0) is 37.4 Å². The quantitative estimate of drug-likeness (QED) is 0.441. The second-order valence-corrected chi connectivity index (χ2v) is 8.55. The van der Waals surface area contributed by atoms with Crippen LogP contribution in [0.5, 0.6) is 5.75 Å². The maximum atomic E-state index is 12.8. The fourth-order valence-corrected chi connectivity index (χ4v) is 4.53. The molecule has 2 aromatic carbocycles. The lowest BCUT2D eigenvalue weighted by molar-refractivity contribution is -0.116. The van der Waals surface area contributed by atoms with Crippen molar-refractivity contribution in [2.45, 2.75) is 19.2 Å². The molecule has 0 unspecified atom stereocenters. The fraction of sp³-hybridized carbons (Fsp3) is 0.227. The van der Waals surface area contributed by atoms with Crippen LogP contribution in [0.4, 0.5) is 5.13 Å². The predicted octanol–water partition coefficient (Wildman–Crippen LogP) is 4.98. The molecule has 1 N–H and O–H groups in total. The molecule has 8 heteroatoms. The zero-order chi connectivity index (χ0) is 21.1. The number of imidazole rings is 1. The molecule has 30 heavy (non-hydrogen) atoms. The molecule has 2 heterocycles. The van der Waals surface area contributed by atoms with E-state index in [4.69, 9.17) is 4.74 Å². The van der Waals surface area contributed by atoms with Crippen molar-refractivity contribution in [3.8, 4) is 17.0 Å². The Morgan fingerprint density at radius 2 is 2.07 bits per heavy atom. The first-order valence-corrected chi connectivity index (χ1v) is 11.7. The van der Waals surface area contributed by atoms with Crippen molar-refractivity contribution in [1.82, 2.24) is 14.5 Å². The largest absolute Gasteiger partial charge is 0.496 e. The third-order valence-electron chi connectivity index (χ3n) is 4.69. The Hall–Kier alpha value is -2.84. The van der Waals surface area contributed by atoms with Gasteiger partial charge in [-0.25, -0.2) is 9.97 Å². The number of carbonyl (C=O) groups is 1. The number of para-hydroxylation sites is 2. The monoisotopic (exact) mass is 438 g/mol. The smallest absolute Gasteiger partial charge is 0.246 e. The first kappa shape index (κ1) is 20.4. The third kappa shape index (κ3) is 4.20. The summed E-state index contributed by atoms with van der Waals surface area (Å²) in [5.74, 6) is 2.27. The maximum Gasteiger partial charge on any atom is 0.246 e. The highest BCUT2D eigenvalue weighted by atomic mass is 32.2. The highest BCUT2D eigenvalue weighted by Gasteiger charge is 2.15. The number of aromatic nitrogens is 3. The molecule has 0 aliphatic rings. The normalized spacial score (nSPS) is 11.0. The van der Waals surface area contributed by atoms with Gasteiger partial charge in [0.2, 0.25) is 5.91 Å². The van der Waals surface area contributed by atoms with Crippen molar-refractivity contribution in [3.63, 3.8) is 0 Å². The number of hydrogen-bond donors (Lipinski definition) is 1. The van der Waals surface area contributed by atoms with E-state index < -0.39 is 0 Å². The first-order chi connectivity index (χ1) is 14.6. The Morgan fingerprint density at radius 1 is 1.23 bits per heavy atom. The summed E-state index contributed by atoms with van der Waals surface area (Å²) in [5, 5.41) is 5.42. The van der Waals surface area contributed by atoms with E-state index in [0.717, 1.165) is 45.2 Å². The number of amides is 1. The number of benzene rings is 2. The van der Waals surface area contributed by atoms with E-state index in [1.165, 1.54) is 11.3 Å². The minimum absolute atomic E-state index is 0.127. The van der Waals surface area contributed by atoms with Crippen molar-refractivity contribution in [3.05, 3.63) is 59.2 Å². The summed E-state index contributed by atoms with van der Waals surface area (Å²) in [6.45, 7) is 2.22. The molecule has 154 valence electrons. The molecule has 0 atom stereocenters. The number of carbonyl (C=O) groups excluding carboxylic acids is 1. The minimum Gasteiger partial charge on any atom is -0.496 e. The Labute approximate surface area is 183 Å². The van der Waals surface area contributed by atoms with E-state index in [2.05, 4.69) is 15.3 Å². The summed E-state index contributed by atoms with van der Waals surface area (Å²) in [6.07, 6.45) is 2.03. The number of hydrogen-bond acceptors (Lipinski definition) is 6. The number of thiazole rings is 1.